The summed E-state index contributed by atoms with van der Waals surface area (Å²) in [4.78, 5) is 21.0. The van der Waals surface area contributed by atoms with Gasteiger partial charge in [0.15, 0.2) is 5.96 Å². The minimum atomic E-state index is -0.413. The van der Waals surface area contributed by atoms with Crippen molar-refractivity contribution in [1.82, 2.24) is 15.2 Å². The molecular formula is C13H21N5O. The van der Waals surface area contributed by atoms with Crippen LogP contribution >= 0.6 is 0 Å². The highest BCUT2D eigenvalue weighted by molar-refractivity contribution is 5.91. The number of nitrogens with zero attached hydrogens (tertiary/aromatic N) is 3. The first kappa shape index (κ1) is 14.9. The van der Waals surface area contributed by atoms with Crippen LogP contribution in [0.1, 0.15) is 17.7 Å². The third-order valence-corrected chi connectivity index (χ3v) is 2.66. The number of nitrogens with one attached hydrogen (secondary N) is 1. The summed E-state index contributed by atoms with van der Waals surface area (Å²) in [7, 11) is 3.46. The Morgan fingerprint density at radius 1 is 1.53 bits per heavy atom. The SMILES string of the molecule is Cc1cccnc1CCCNC(=O)N=C(N)N(C)C. The smallest absolute Gasteiger partial charge is 0.344 e. The van der Waals surface area contributed by atoms with Crippen molar-refractivity contribution < 1.29 is 4.79 Å². The number of pyridine rings is 1. The van der Waals surface area contributed by atoms with Gasteiger partial charge in [0.25, 0.3) is 0 Å². The van der Waals surface area contributed by atoms with Crippen LogP contribution < -0.4 is 11.1 Å². The van der Waals surface area contributed by atoms with E-state index in [1.54, 1.807) is 25.2 Å². The van der Waals surface area contributed by atoms with E-state index in [4.69, 9.17) is 5.73 Å². The first-order chi connectivity index (χ1) is 9.00. The Hall–Kier alpha value is -2.11. The van der Waals surface area contributed by atoms with Crippen LogP contribution in [0.5, 0.6) is 0 Å². The van der Waals surface area contributed by atoms with Crippen molar-refractivity contribution in [2.45, 2.75) is 19.8 Å². The second-order valence-electron chi connectivity index (χ2n) is 4.47. The molecule has 1 aromatic heterocycles. The maximum Gasteiger partial charge on any atom is 0.344 e. The molecule has 0 radical (unpaired) electrons. The molecule has 1 aromatic rings. The van der Waals surface area contributed by atoms with Crippen LogP contribution in [0.3, 0.4) is 0 Å². The molecule has 0 fully saturated rings. The molecule has 0 saturated heterocycles. The van der Waals surface area contributed by atoms with Crippen molar-refractivity contribution in [1.29, 1.82) is 0 Å². The third-order valence-electron chi connectivity index (χ3n) is 2.66. The fraction of sp³-hybridized carbons (Fsp3) is 0.462. The van der Waals surface area contributed by atoms with Crippen LogP contribution in [0.15, 0.2) is 23.3 Å². The average Bonchev–Trinajstić information content (AvgIpc) is 2.36. The molecule has 0 saturated carbocycles. The van der Waals surface area contributed by atoms with Crippen LogP contribution in [0.2, 0.25) is 0 Å². The lowest BCUT2D eigenvalue weighted by Gasteiger charge is -2.10. The Bertz CT molecular complexity index is 456. The van der Waals surface area contributed by atoms with Crippen molar-refractivity contribution in [3.8, 4) is 0 Å². The van der Waals surface area contributed by atoms with Crippen molar-refractivity contribution >= 4 is 12.0 Å². The van der Waals surface area contributed by atoms with Gasteiger partial charge in [-0.2, -0.15) is 4.99 Å². The summed E-state index contributed by atoms with van der Waals surface area (Å²) in [5.74, 6) is 0.193. The molecule has 1 heterocycles. The summed E-state index contributed by atoms with van der Waals surface area (Å²) < 4.78 is 0. The Morgan fingerprint density at radius 3 is 2.89 bits per heavy atom. The minimum Gasteiger partial charge on any atom is -0.369 e. The number of urea groups is 1. The van der Waals surface area contributed by atoms with Crippen molar-refractivity contribution in [3.63, 3.8) is 0 Å². The average molecular weight is 263 g/mol. The number of guanidine groups is 1. The highest BCUT2D eigenvalue weighted by Crippen LogP contribution is 2.05. The number of carbonyl (C=O) groups excluding carboxylic acids is 1. The lowest BCUT2D eigenvalue weighted by molar-refractivity contribution is 0.249. The largest absolute Gasteiger partial charge is 0.369 e. The fourth-order valence-corrected chi connectivity index (χ4v) is 1.47. The normalized spacial score (nSPS) is 11.2. The van der Waals surface area contributed by atoms with Gasteiger partial charge >= 0.3 is 6.03 Å². The van der Waals surface area contributed by atoms with Gasteiger partial charge in [-0.25, -0.2) is 4.79 Å². The molecule has 0 atom stereocenters. The number of aromatic nitrogens is 1. The van der Waals surface area contributed by atoms with Crippen molar-refractivity contribution in [2.75, 3.05) is 20.6 Å². The fourth-order valence-electron chi connectivity index (χ4n) is 1.47. The molecule has 0 bridgehead atoms. The molecule has 1 rings (SSSR count). The Balaban J connectivity index is 2.30. The molecule has 0 aromatic carbocycles. The molecule has 0 aliphatic heterocycles. The maximum atomic E-state index is 11.4. The van der Waals surface area contributed by atoms with E-state index in [-0.39, 0.29) is 5.96 Å². The first-order valence-electron chi connectivity index (χ1n) is 6.20. The van der Waals surface area contributed by atoms with Crippen LogP contribution in [0.4, 0.5) is 4.79 Å². The number of amides is 2. The van der Waals surface area contributed by atoms with E-state index in [1.807, 2.05) is 19.1 Å². The van der Waals surface area contributed by atoms with Crippen LogP contribution in [0, 0.1) is 6.92 Å². The molecular weight excluding hydrogens is 242 g/mol. The number of aliphatic imine (C=N–C) groups is 1. The number of nitrogens with two attached hydrogens (primary N) is 1. The van der Waals surface area contributed by atoms with Crippen LogP contribution in [-0.4, -0.2) is 42.5 Å². The number of hydrogen-bond acceptors (Lipinski definition) is 2. The monoisotopic (exact) mass is 263 g/mol. The van der Waals surface area contributed by atoms with E-state index in [1.165, 1.54) is 5.56 Å². The van der Waals surface area contributed by atoms with E-state index in [0.717, 1.165) is 18.5 Å². The molecule has 6 heteroatoms. The summed E-state index contributed by atoms with van der Waals surface area (Å²) in [5, 5.41) is 2.70. The van der Waals surface area contributed by atoms with Gasteiger partial charge < -0.3 is 16.0 Å². The van der Waals surface area contributed by atoms with Gasteiger partial charge in [-0.05, 0) is 31.4 Å². The molecule has 0 aliphatic carbocycles. The summed E-state index contributed by atoms with van der Waals surface area (Å²) in [6, 6.07) is 3.53. The van der Waals surface area contributed by atoms with E-state index in [0.29, 0.717) is 6.54 Å². The maximum absolute atomic E-state index is 11.4. The number of aryl methyl sites for hydroxylation is 2. The van der Waals surface area contributed by atoms with E-state index < -0.39 is 6.03 Å². The zero-order valence-electron chi connectivity index (χ0n) is 11.7. The lowest BCUT2D eigenvalue weighted by Crippen LogP contribution is -2.33. The summed E-state index contributed by atoms with van der Waals surface area (Å²) in [6.07, 6.45) is 3.43. The van der Waals surface area contributed by atoms with Crippen molar-refractivity contribution in [3.05, 3.63) is 29.6 Å². The van der Waals surface area contributed by atoms with Crippen molar-refractivity contribution in [2.24, 2.45) is 10.7 Å². The second kappa shape index (κ2) is 7.35. The van der Waals surface area contributed by atoms with Gasteiger partial charge in [0, 0.05) is 32.5 Å². The predicted molar refractivity (Wildman–Crippen MR) is 76.0 cm³/mol. The third kappa shape index (κ3) is 5.37. The zero-order valence-corrected chi connectivity index (χ0v) is 11.7. The number of hydrogen-bond donors (Lipinski definition) is 2. The second-order valence-corrected chi connectivity index (χ2v) is 4.47. The van der Waals surface area contributed by atoms with E-state index >= 15 is 0 Å². The van der Waals surface area contributed by atoms with Gasteiger partial charge in [-0.1, -0.05) is 6.07 Å². The summed E-state index contributed by atoms with van der Waals surface area (Å²) in [5.41, 5.74) is 7.77. The molecule has 104 valence electrons. The minimum absolute atomic E-state index is 0.193. The zero-order chi connectivity index (χ0) is 14.3. The number of rotatable bonds is 4. The molecule has 0 aliphatic rings. The summed E-state index contributed by atoms with van der Waals surface area (Å²) in [6.45, 7) is 2.59. The first-order valence-corrected chi connectivity index (χ1v) is 6.20. The summed E-state index contributed by atoms with van der Waals surface area (Å²) >= 11 is 0. The van der Waals surface area contributed by atoms with Crippen LogP contribution in [0.25, 0.3) is 0 Å². The quantitative estimate of drug-likeness (QED) is 0.480. The molecule has 2 amide bonds. The Kier molecular flexibility index (Phi) is 5.78. The highest BCUT2D eigenvalue weighted by Gasteiger charge is 2.02. The molecule has 0 unspecified atom stereocenters. The van der Waals surface area contributed by atoms with Crippen LogP contribution in [-0.2, 0) is 6.42 Å². The molecule has 19 heavy (non-hydrogen) atoms. The topological polar surface area (TPSA) is 83.6 Å². The molecule has 6 nitrogen and oxygen atoms in total. The standard InChI is InChI=1S/C13H21N5O/c1-10-6-4-8-15-11(10)7-5-9-16-13(19)17-12(14)18(2)3/h4,6,8H,5,7,9H2,1-3H3,(H3,14,16,17,19). The van der Waals surface area contributed by atoms with E-state index in [2.05, 4.69) is 15.3 Å². The Morgan fingerprint density at radius 2 is 2.26 bits per heavy atom. The van der Waals surface area contributed by atoms with Gasteiger partial charge in [-0.15, -0.1) is 0 Å². The van der Waals surface area contributed by atoms with Gasteiger partial charge in [0.05, 0.1) is 0 Å². The molecule has 3 N–H and O–H groups in total. The van der Waals surface area contributed by atoms with Gasteiger partial charge in [-0.3, -0.25) is 4.98 Å². The highest BCUT2D eigenvalue weighted by atomic mass is 16.2. The predicted octanol–water partition coefficient (Wildman–Crippen LogP) is 0.909. The van der Waals surface area contributed by atoms with Gasteiger partial charge in [0.1, 0.15) is 0 Å². The van der Waals surface area contributed by atoms with E-state index in [9.17, 15) is 4.79 Å². The van der Waals surface area contributed by atoms with Gasteiger partial charge in [0.2, 0.25) is 0 Å². The lowest BCUT2D eigenvalue weighted by atomic mass is 10.1. The number of carbonyl (C=O) groups is 1. The Labute approximate surface area is 113 Å². The molecule has 0 spiro atoms.